The normalized spacial score (nSPS) is 34.6. The molecule has 1 aliphatic heterocycles. The highest BCUT2D eigenvalue weighted by Gasteiger charge is 2.49. The van der Waals surface area contributed by atoms with E-state index in [9.17, 15) is 0 Å². The van der Waals surface area contributed by atoms with E-state index in [0.29, 0.717) is 6.61 Å². The molecule has 76 valence electrons. The molecule has 13 heavy (non-hydrogen) atoms. The van der Waals surface area contributed by atoms with E-state index in [1.54, 1.807) is 0 Å². The Morgan fingerprint density at radius 2 is 2.15 bits per heavy atom. The average molecular weight is 186 g/mol. The molecular weight excluding hydrogens is 167 g/mol. The van der Waals surface area contributed by atoms with Gasteiger partial charge in [0.2, 0.25) is 0 Å². The minimum atomic E-state index is -0.0235. The fourth-order valence-electron chi connectivity index (χ4n) is 1.30. The van der Waals surface area contributed by atoms with Gasteiger partial charge in [-0.15, -0.1) is 0 Å². The maximum atomic E-state index is 5.61. The van der Waals surface area contributed by atoms with Gasteiger partial charge in [-0.05, 0) is 20.8 Å². The fraction of sp³-hybridized carbons (Fsp3) is 1.00. The van der Waals surface area contributed by atoms with Crippen molar-refractivity contribution >= 4 is 6.92 Å². The summed E-state index contributed by atoms with van der Waals surface area (Å²) in [4.78, 5) is 10.3. The summed E-state index contributed by atoms with van der Waals surface area (Å²) in [5.41, 5.74) is 0. The largest absolute Gasteiger partial charge is 0.379 e. The highest BCUT2D eigenvalue weighted by molar-refractivity contribution is 6.54. The lowest BCUT2D eigenvalue weighted by atomic mass is 9.47. The van der Waals surface area contributed by atoms with E-state index in [4.69, 9.17) is 14.4 Å². The van der Waals surface area contributed by atoms with Gasteiger partial charge in [0, 0.05) is 5.31 Å². The SMILES string of the molecule is CB1OOC(C)C1(C)COC(C)C. The molecule has 0 spiro atoms. The zero-order valence-corrected chi connectivity index (χ0v) is 9.16. The molecule has 0 amide bonds. The number of hydrogen-bond acceptors (Lipinski definition) is 3. The summed E-state index contributed by atoms with van der Waals surface area (Å²) < 4.78 is 5.61. The molecule has 0 radical (unpaired) electrons. The Labute approximate surface area is 80.8 Å². The molecule has 1 aliphatic rings. The van der Waals surface area contributed by atoms with Crippen LogP contribution in [0.2, 0.25) is 12.1 Å². The minimum absolute atomic E-state index is 0.0235. The molecule has 0 N–H and O–H groups in total. The topological polar surface area (TPSA) is 27.7 Å². The molecule has 0 aromatic rings. The molecule has 1 rings (SSSR count). The highest BCUT2D eigenvalue weighted by Crippen LogP contribution is 2.41. The van der Waals surface area contributed by atoms with Crippen molar-refractivity contribution in [2.24, 2.45) is 0 Å². The van der Waals surface area contributed by atoms with Crippen LogP contribution in [0.25, 0.3) is 0 Å². The monoisotopic (exact) mass is 186 g/mol. The van der Waals surface area contributed by atoms with Gasteiger partial charge in [0.25, 0.3) is 0 Å². The lowest BCUT2D eigenvalue weighted by molar-refractivity contribution is -0.223. The minimum Gasteiger partial charge on any atom is -0.379 e. The lowest BCUT2D eigenvalue weighted by Crippen LogP contribution is -2.34. The van der Waals surface area contributed by atoms with Crippen LogP contribution < -0.4 is 0 Å². The summed E-state index contributed by atoms with van der Waals surface area (Å²) in [5.74, 6) is 0. The second-order valence-electron chi connectivity index (χ2n) is 4.34. The molecule has 1 saturated heterocycles. The predicted octanol–water partition coefficient (Wildman–Crippen LogP) is 2.14. The molecule has 0 aromatic heterocycles. The van der Waals surface area contributed by atoms with Crippen LogP contribution >= 0.6 is 0 Å². The van der Waals surface area contributed by atoms with E-state index in [-0.39, 0.29) is 24.4 Å². The van der Waals surface area contributed by atoms with Crippen LogP contribution in [-0.4, -0.2) is 25.7 Å². The van der Waals surface area contributed by atoms with E-state index >= 15 is 0 Å². The first-order valence-electron chi connectivity index (χ1n) is 4.90. The number of hydrogen-bond donors (Lipinski definition) is 0. The third-order valence-corrected chi connectivity index (χ3v) is 2.93. The van der Waals surface area contributed by atoms with Gasteiger partial charge in [-0.1, -0.05) is 13.7 Å². The van der Waals surface area contributed by atoms with Crippen molar-refractivity contribution in [3.05, 3.63) is 0 Å². The second kappa shape index (κ2) is 3.99. The smallest absolute Gasteiger partial charge is 0.348 e. The summed E-state index contributed by atoms with van der Waals surface area (Å²) in [6.07, 6.45) is 0.359. The Hall–Kier alpha value is -0.0551. The summed E-state index contributed by atoms with van der Waals surface area (Å²) in [6.45, 7) is 11.0. The molecule has 4 heteroatoms. The molecule has 1 heterocycles. The van der Waals surface area contributed by atoms with Crippen molar-refractivity contribution in [1.29, 1.82) is 0 Å². The standard InChI is InChI=1S/C9H19BO3/c1-7(2)11-6-9(4)8(3)12-13-10(9)5/h7-8H,6H2,1-5H3. The van der Waals surface area contributed by atoms with Crippen molar-refractivity contribution in [2.45, 2.75) is 52.0 Å². The van der Waals surface area contributed by atoms with Crippen LogP contribution in [0.1, 0.15) is 27.7 Å². The van der Waals surface area contributed by atoms with Crippen LogP contribution in [0.5, 0.6) is 0 Å². The molecule has 0 bridgehead atoms. The zero-order valence-electron chi connectivity index (χ0n) is 9.16. The summed E-state index contributed by atoms with van der Waals surface area (Å²) >= 11 is 0. The van der Waals surface area contributed by atoms with Gasteiger partial charge in [-0.25, -0.2) is 4.89 Å². The van der Waals surface area contributed by atoms with Gasteiger partial charge in [-0.2, -0.15) is 0 Å². The van der Waals surface area contributed by atoms with Gasteiger partial charge in [0.15, 0.2) is 0 Å². The Morgan fingerprint density at radius 3 is 2.54 bits per heavy atom. The summed E-state index contributed by atoms with van der Waals surface area (Å²) in [6, 6.07) is 0. The summed E-state index contributed by atoms with van der Waals surface area (Å²) in [7, 11) is 0. The van der Waals surface area contributed by atoms with Crippen LogP contribution in [0.15, 0.2) is 0 Å². The second-order valence-corrected chi connectivity index (χ2v) is 4.34. The average Bonchev–Trinajstić information content (AvgIpc) is 2.31. The van der Waals surface area contributed by atoms with Crippen molar-refractivity contribution < 1.29 is 14.4 Å². The van der Waals surface area contributed by atoms with Crippen LogP contribution in [-0.2, 0) is 14.4 Å². The van der Waals surface area contributed by atoms with Crippen molar-refractivity contribution in [2.75, 3.05) is 6.61 Å². The Morgan fingerprint density at radius 1 is 1.54 bits per heavy atom. The van der Waals surface area contributed by atoms with Crippen molar-refractivity contribution in [3.63, 3.8) is 0 Å². The van der Waals surface area contributed by atoms with E-state index < -0.39 is 0 Å². The molecule has 0 aromatic carbocycles. The Kier molecular flexibility index (Phi) is 3.38. The van der Waals surface area contributed by atoms with Crippen molar-refractivity contribution in [3.8, 4) is 0 Å². The van der Waals surface area contributed by atoms with E-state index in [1.165, 1.54) is 0 Å². The fourth-order valence-corrected chi connectivity index (χ4v) is 1.30. The molecule has 2 atom stereocenters. The number of ether oxygens (including phenoxy) is 1. The maximum Gasteiger partial charge on any atom is 0.348 e. The van der Waals surface area contributed by atoms with E-state index in [1.807, 2.05) is 27.6 Å². The Bertz CT molecular complexity index is 162. The molecular formula is C9H19BO3. The van der Waals surface area contributed by atoms with Gasteiger partial charge in [0.1, 0.15) is 0 Å². The maximum absolute atomic E-state index is 5.61. The first-order valence-corrected chi connectivity index (χ1v) is 4.90. The molecule has 3 nitrogen and oxygen atoms in total. The van der Waals surface area contributed by atoms with Crippen LogP contribution in [0.4, 0.5) is 0 Å². The summed E-state index contributed by atoms with van der Waals surface area (Å²) in [5, 5.41) is -0.0235. The molecule has 0 saturated carbocycles. The van der Waals surface area contributed by atoms with E-state index in [0.717, 1.165) is 0 Å². The van der Waals surface area contributed by atoms with Gasteiger partial charge < -0.3 is 9.54 Å². The van der Waals surface area contributed by atoms with Crippen LogP contribution in [0.3, 0.4) is 0 Å². The van der Waals surface area contributed by atoms with E-state index in [2.05, 4.69) is 6.92 Å². The first kappa shape index (κ1) is 11.0. The molecule has 0 aliphatic carbocycles. The van der Waals surface area contributed by atoms with Gasteiger partial charge in [-0.3, -0.25) is 0 Å². The van der Waals surface area contributed by atoms with Gasteiger partial charge in [0.05, 0.1) is 18.8 Å². The third-order valence-electron chi connectivity index (χ3n) is 2.93. The molecule has 2 unspecified atom stereocenters. The van der Waals surface area contributed by atoms with Crippen LogP contribution in [0, 0.1) is 0 Å². The molecule has 1 fully saturated rings. The zero-order chi connectivity index (χ0) is 10.1. The van der Waals surface area contributed by atoms with Crippen molar-refractivity contribution in [1.82, 2.24) is 0 Å². The third kappa shape index (κ3) is 2.24. The predicted molar refractivity (Wildman–Crippen MR) is 52.7 cm³/mol. The Balaban J connectivity index is 2.52. The quantitative estimate of drug-likeness (QED) is 0.499. The highest BCUT2D eigenvalue weighted by atomic mass is 17.2. The first-order chi connectivity index (χ1) is 5.97. The van der Waals surface area contributed by atoms with Gasteiger partial charge >= 0.3 is 6.92 Å². The lowest BCUT2D eigenvalue weighted by Gasteiger charge is -2.27. The number of rotatable bonds is 3.